The van der Waals surface area contributed by atoms with Crippen LogP contribution in [0.5, 0.6) is 5.75 Å². The first-order valence-corrected chi connectivity index (χ1v) is 8.70. The summed E-state index contributed by atoms with van der Waals surface area (Å²) >= 11 is 0. The first kappa shape index (κ1) is 20.1. The van der Waals surface area contributed by atoms with Crippen LogP contribution in [0.15, 0.2) is 24.3 Å². The van der Waals surface area contributed by atoms with Crippen molar-refractivity contribution in [3.8, 4) is 5.75 Å². The van der Waals surface area contributed by atoms with Gasteiger partial charge in [-0.1, -0.05) is 19.1 Å². The van der Waals surface area contributed by atoms with Gasteiger partial charge >= 0.3 is 6.61 Å². The molecule has 1 aliphatic rings. The Hall–Kier alpha value is -2.22. The van der Waals surface area contributed by atoms with Gasteiger partial charge in [0, 0.05) is 13.1 Å². The van der Waals surface area contributed by atoms with Crippen LogP contribution >= 0.6 is 0 Å². The Balaban J connectivity index is 2.07. The van der Waals surface area contributed by atoms with Crippen molar-refractivity contribution in [1.82, 2.24) is 10.2 Å². The first-order valence-electron chi connectivity index (χ1n) is 8.70. The monoisotopic (exact) mass is 370 g/mol. The number of carbonyl (C=O) groups excluding carboxylic acids is 2. The number of amides is 2. The van der Waals surface area contributed by atoms with E-state index in [-0.39, 0.29) is 36.4 Å². The van der Waals surface area contributed by atoms with Gasteiger partial charge in [-0.2, -0.15) is 8.78 Å². The molecule has 2 unspecified atom stereocenters. The number of ether oxygens (including phenoxy) is 1. The average Bonchev–Trinajstić information content (AvgIpc) is 2.65. The number of rotatable bonds is 7. The highest BCUT2D eigenvalue weighted by Gasteiger charge is 2.30. The molecule has 2 N–H and O–H groups in total. The highest BCUT2D eigenvalue weighted by Crippen LogP contribution is 2.25. The van der Waals surface area contributed by atoms with Crippen LogP contribution in [0.1, 0.15) is 36.5 Å². The molecule has 1 aromatic rings. The number of hydrogen-bond donors (Lipinski definition) is 2. The predicted molar refractivity (Wildman–Crippen MR) is 91.0 cm³/mol. The van der Waals surface area contributed by atoms with E-state index in [0.29, 0.717) is 25.8 Å². The zero-order chi connectivity index (χ0) is 19.1. The standard InChI is InChI=1S/C18H24F2N2O4/c1-2-13(11-23)21-16(24)12-6-5-9-22(10-12)17(25)14-7-3-4-8-15(14)26-18(19)20/h3-4,7-8,12-13,18,23H,2,5-6,9-11H2,1H3,(H,21,24). The van der Waals surface area contributed by atoms with E-state index in [4.69, 9.17) is 0 Å². The highest BCUT2D eigenvalue weighted by atomic mass is 19.3. The van der Waals surface area contributed by atoms with Crippen molar-refractivity contribution in [3.05, 3.63) is 29.8 Å². The summed E-state index contributed by atoms with van der Waals surface area (Å²) in [6, 6.07) is 5.53. The van der Waals surface area contributed by atoms with Crippen LogP contribution in [0.25, 0.3) is 0 Å². The van der Waals surface area contributed by atoms with E-state index in [1.54, 1.807) is 6.07 Å². The molecule has 2 rings (SSSR count). The molecule has 0 saturated carbocycles. The number of likely N-dealkylation sites (tertiary alicyclic amines) is 1. The van der Waals surface area contributed by atoms with Gasteiger partial charge in [-0.05, 0) is 31.4 Å². The van der Waals surface area contributed by atoms with Crippen molar-refractivity contribution in [3.63, 3.8) is 0 Å². The fraction of sp³-hybridized carbons (Fsp3) is 0.556. The highest BCUT2D eigenvalue weighted by molar-refractivity contribution is 5.97. The van der Waals surface area contributed by atoms with Gasteiger partial charge in [0.25, 0.3) is 5.91 Å². The Bertz CT molecular complexity index is 623. The molecule has 0 aromatic heterocycles. The zero-order valence-electron chi connectivity index (χ0n) is 14.7. The molecule has 1 saturated heterocycles. The topological polar surface area (TPSA) is 78.9 Å². The zero-order valence-corrected chi connectivity index (χ0v) is 14.7. The molecule has 0 aliphatic carbocycles. The number of carbonyl (C=O) groups is 2. The van der Waals surface area contributed by atoms with E-state index in [1.165, 1.54) is 23.1 Å². The minimum Gasteiger partial charge on any atom is -0.434 e. The molecule has 1 heterocycles. The Morgan fingerprint density at radius 2 is 2.12 bits per heavy atom. The van der Waals surface area contributed by atoms with Crippen molar-refractivity contribution < 1.29 is 28.2 Å². The van der Waals surface area contributed by atoms with Crippen LogP contribution in [-0.4, -0.2) is 54.2 Å². The lowest BCUT2D eigenvalue weighted by atomic mass is 9.96. The lowest BCUT2D eigenvalue weighted by molar-refractivity contribution is -0.127. The van der Waals surface area contributed by atoms with Gasteiger partial charge < -0.3 is 20.1 Å². The summed E-state index contributed by atoms with van der Waals surface area (Å²) in [5, 5.41) is 12.0. The summed E-state index contributed by atoms with van der Waals surface area (Å²) < 4.78 is 29.5. The maximum absolute atomic E-state index is 12.7. The number of nitrogens with zero attached hydrogens (tertiary/aromatic N) is 1. The van der Waals surface area contributed by atoms with E-state index in [0.717, 1.165) is 0 Å². The molecular formula is C18H24F2N2O4. The molecule has 1 fully saturated rings. The minimum atomic E-state index is -3.02. The van der Waals surface area contributed by atoms with Gasteiger partial charge in [-0.25, -0.2) is 0 Å². The Labute approximate surface area is 151 Å². The maximum Gasteiger partial charge on any atom is 0.387 e. The van der Waals surface area contributed by atoms with Crippen molar-refractivity contribution in [1.29, 1.82) is 0 Å². The molecule has 0 radical (unpaired) electrons. The van der Waals surface area contributed by atoms with Gasteiger partial charge in [0.1, 0.15) is 5.75 Å². The summed E-state index contributed by atoms with van der Waals surface area (Å²) in [5.41, 5.74) is 0.0515. The van der Waals surface area contributed by atoms with E-state index in [2.05, 4.69) is 10.1 Å². The fourth-order valence-electron chi connectivity index (χ4n) is 2.98. The average molecular weight is 370 g/mol. The number of nitrogens with one attached hydrogen (secondary N) is 1. The van der Waals surface area contributed by atoms with E-state index in [1.807, 2.05) is 6.92 Å². The van der Waals surface area contributed by atoms with Crippen LogP contribution in [-0.2, 0) is 4.79 Å². The normalized spacial score (nSPS) is 18.5. The maximum atomic E-state index is 12.7. The van der Waals surface area contributed by atoms with Crippen LogP contribution in [0.2, 0.25) is 0 Å². The van der Waals surface area contributed by atoms with Gasteiger partial charge in [0.2, 0.25) is 5.91 Å². The Morgan fingerprint density at radius 1 is 1.38 bits per heavy atom. The first-order chi connectivity index (χ1) is 12.5. The molecule has 0 spiro atoms. The lowest BCUT2D eigenvalue weighted by Gasteiger charge is -2.33. The largest absolute Gasteiger partial charge is 0.434 e. The Kier molecular flexibility index (Phi) is 7.32. The van der Waals surface area contributed by atoms with Gasteiger partial charge in [-0.3, -0.25) is 9.59 Å². The molecule has 2 amide bonds. The van der Waals surface area contributed by atoms with Crippen LogP contribution in [0.4, 0.5) is 8.78 Å². The molecule has 8 heteroatoms. The molecule has 2 atom stereocenters. The fourth-order valence-corrected chi connectivity index (χ4v) is 2.98. The third-order valence-electron chi connectivity index (χ3n) is 4.47. The molecular weight excluding hydrogens is 346 g/mol. The van der Waals surface area contributed by atoms with Crippen LogP contribution in [0.3, 0.4) is 0 Å². The van der Waals surface area contributed by atoms with Gasteiger partial charge in [-0.15, -0.1) is 0 Å². The van der Waals surface area contributed by atoms with Crippen LogP contribution < -0.4 is 10.1 Å². The second kappa shape index (κ2) is 9.47. The second-order valence-electron chi connectivity index (χ2n) is 6.26. The number of aliphatic hydroxyl groups excluding tert-OH is 1. The van der Waals surface area contributed by atoms with E-state index in [9.17, 15) is 23.5 Å². The lowest BCUT2D eigenvalue weighted by Crippen LogP contribution is -2.48. The Morgan fingerprint density at radius 3 is 2.77 bits per heavy atom. The third kappa shape index (κ3) is 5.14. The molecule has 144 valence electrons. The molecule has 1 aliphatic heterocycles. The van der Waals surface area contributed by atoms with Crippen molar-refractivity contribution in [2.45, 2.75) is 38.8 Å². The van der Waals surface area contributed by atoms with E-state index < -0.39 is 18.4 Å². The minimum absolute atomic E-state index is 0.0515. The summed E-state index contributed by atoms with van der Waals surface area (Å²) in [5.74, 6) is -1.21. The van der Waals surface area contributed by atoms with Gasteiger partial charge in [0.15, 0.2) is 0 Å². The van der Waals surface area contributed by atoms with E-state index >= 15 is 0 Å². The molecule has 26 heavy (non-hydrogen) atoms. The predicted octanol–water partition coefficient (Wildman–Crippen LogP) is 2.03. The summed E-state index contributed by atoms with van der Waals surface area (Å²) in [6.45, 7) is -0.653. The number of aliphatic hydroxyl groups is 1. The number of alkyl halides is 2. The van der Waals surface area contributed by atoms with Crippen molar-refractivity contribution >= 4 is 11.8 Å². The van der Waals surface area contributed by atoms with Gasteiger partial charge in [0.05, 0.1) is 24.1 Å². The van der Waals surface area contributed by atoms with Crippen LogP contribution in [0, 0.1) is 5.92 Å². The van der Waals surface area contributed by atoms with Crippen molar-refractivity contribution in [2.24, 2.45) is 5.92 Å². The number of piperidine rings is 1. The molecule has 1 aromatic carbocycles. The number of para-hydroxylation sites is 1. The second-order valence-corrected chi connectivity index (χ2v) is 6.26. The number of halogens is 2. The smallest absolute Gasteiger partial charge is 0.387 e. The summed E-state index contributed by atoms with van der Waals surface area (Å²) in [6.07, 6.45) is 1.88. The summed E-state index contributed by atoms with van der Waals surface area (Å²) in [7, 11) is 0. The molecule has 0 bridgehead atoms. The van der Waals surface area contributed by atoms with Crippen molar-refractivity contribution in [2.75, 3.05) is 19.7 Å². The molecule has 6 nitrogen and oxygen atoms in total. The summed E-state index contributed by atoms with van der Waals surface area (Å²) in [4.78, 5) is 26.6. The SMILES string of the molecule is CCC(CO)NC(=O)C1CCCN(C(=O)c2ccccc2OC(F)F)C1. The quantitative estimate of drug-likeness (QED) is 0.770. The third-order valence-corrected chi connectivity index (χ3v) is 4.47. The number of benzene rings is 1. The number of hydrogen-bond acceptors (Lipinski definition) is 4.